The minimum atomic E-state index is -0.991. The van der Waals surface area contributed by atoms with Crippen molar-refractivity contribution in [3.8, 4) is 0 Å². The number of urea groups is 1. The predicted octanol–water partition coefficient (Wildman–Crippen LogP) is 0.393. The van der Waals surface area contributed by atoms with Crippen molar-refractivity contribution in [2.45, 2.75) is 32.0 Å². The van der Waals surface area contributed by atoms with Crippen LogP contribution in [0, 0.1) is 0 Å². The van der Waals surface area contributed by atoms with Gasteiger partial charge in [0, 0.05) is 19.7 Å². The lowest BCUT2D eigenvalue weighted by Gasteiger charge is -2.48. The minimum Gasteiger partial charge on any atom is -0.480 e. The zero-order valence-electron chi connectivity index (χ0n) is 12.0. The maximum atomic E-state index is 12.3. The highest BCUT2D eigenvalue weighted by Crippen LogP contribution is 2.26. The Hall–Kier alpha value is -1.34. The smallest absolute Gasteiger partial charge is 0.329 e. The molecule has 2 saturated heterocycles. The summed E-state index contributed by atoms with van der Waals surface area (Å²) in [6, 6.07) is -0.0150. The second kappa shape index (κ2) is 5.97. The number of carbonyl (C=O) groups excluding carboxylic acids is 1. The number of nitrogens with zero attached hydrogens (tertiary/aromatic N) is 2. The quantitative estimate of drug-likeness (QED) is 0.812. The number of rotatable bonds is 3. The molecule has 114 valence electrons. The van der Waals surface area contributed by atoms with Crippen LogP contribution in [0.3, 0.4) is 0 Å². The number of amides is 2. The largest absolute Gasteiger partial charge is 0.480 e. The van der Waals surface area contributed by atoms with Crippen molar-refractivity contribution < 1.29 is 24.2 Å². The number of carboxylic acids is 1. The van der Waals surface area contributed by atoms with Gasteiger partial charge < -0.3 is 24.4 Å². The molecule has 0 aromatic carbocycles. The zero-order valence-corrected chi connectivity index (χ0v) is 12.0. The molecule has 1 unspecified atom stereocenters. The number of carboxylic acid groups (broad SMARTS) is 1. The summed E-state index contributed by atoms with van der Waals surface area (Å²) in [4.78, 5) is 26.3. The van der Waals surface area contributed by atoms with Crippen LogP contribution in [-0.4, -0.2) is 78.0 Å². The molecule has 7 nitrogen and oxygen atoms in total. The molecular formula is C13H22N2O5. The summed E-state index contributed by atoms with van der Waals surface area (Å²) in [5, 5.41) is 8.61. The van der Waals surface area contributed by atoms with Gasteiger partial charge in [0.25, 0.3) is 0 Å². The van der Waals surface area contributed by atoms with Crippen molar-refractivity contribution in [1.82, 2.24) is 9.80 Å². The van der Waals surface area contributed by atoms with Crippen LogP contribution in [0.5, 0.6) is 0 Å². The van der Waals surface area contributed by atoms with Crippen molar-refractivity contribution in [2.24, 2.45) is 0 Å². The lowest BCUT2D eigenvalue weighted by molar-refractivity contribution is -0.160. The van der Waals surface area contributed by atoms with Gasteiger partial charge in [-0.25, -0.2) is 9.59 Å². The van der Waals surface area contributed by atoms with Gasteiger partial charge in [0.2, 0.25) is 0 Å². The maximum Gasteiger partial charge on any atom is 0.329 e. The van der Waals surface area contributed by atoms with E-state index in [0.717, 1.165) is 6.42 Å². The number of hydrogen-bond donors (Lipinski definition) is 1. The van der Waals surface area contributed by atoms with E-state index in [0.29, 0.717) is 32.8 Å². The molecule has 2 heterocycles. The van der Waals surface area contributed by atoms with Crippen molar-refractivity contribution in [3.63, 3.8) is 0 Å². The second-order valence-electron chi connectivity index (χ2n) is 5.75. The molecule has 2 fully saturated rings. The van der Waals surface area contributed by atoms with E-state index in [-0.39, 0.29) is 18.7 Å². The minimum absolute atomic E-state index is 0.0150. The molecule has 0 saturated carbocycles. The van der Waals surface area contributed by atoms with Gasteiger partial charge >= 0.3 is 12.0 Å². The third kappa shape index (κ3) is 3.61. The first kappa shape index (κ1) is 15.1. The summed E-state index contributed by atoms with van der Waals surface area (Å²) in [5.41, 5.74) is -0.540. The highest BCUT2D eigenvalue weighted by atomic mass is 16.5. The van der Waals surface area contributed by atoms with Crippen LogP contribution in [0.4, 0.5) is 4.79 Å². The van der Waals surface area contributed by atoms with Gasteiger partial charge in [-0.15, -0.1) is 0 Å². The van der Waals surface area contributed by atoms with E-state index in [1.54, 1.807) is 9.80 Å². The van der Waals surface area contributed by atoms with E-state index in [1.165, 1.54) is 0 Å². The molecule has 0 bridgehead atoms. The predicted molar refractivity (Wildman–Crippen MR) is 70.6 cm³/mol. The molecule has 0 aliphatic carbocycles. The van der Waals surface area contributed by atoms with E-state index < -0.39 is 11.6 Å². The second-order valence-corrected chi connectivity index (χ2v) is 5.75. The maximum absolute atomic E-state index is 12.3. The average molecular weight is 286 g/mol. The third-order valence-corrected chi connectivity index (χ3v) is 3.59. The van der Waals surface area contributed by atoms with Crippen LogP contribution in [-0.2, 0) is 14.3 Å². The van der Waals surface area contributed by atoms with Gasteiger partial charge in [-0.1, -0.05) is 0 Å². The first-order valence-electron chi connectivity index (χ1n) is 6.91. The Balaban J connectivity index is 1.82. The highest BCUT2D eigenvalue weighted by Gasteiger charge is 2.44. The van der Waals surface area contributed by atoms with E-state index in [9.17, 15) is 9.59 Å². The Morgan fingerprint density at radius 2 is 2.10 bits per heavy atom. The fraction of sp³-hybridized carbons (Fsp3) is 0.846. The van der Waals surface area contributed by atoms with Crippen LogP contribution >= 0.6 is 0 Å². The van der Waals surface area contributed by atoms with Gasteiger partial charge in [-0.05, 0) is 20.3 Å². The first-order chi connectivity index (χ1) is 9.39. The van der Waals surface area contributed by atoms with Crippen molar-refractivity contribution in [3.05, 3.63) is 0 Å². The molecule has 1 atom stereocenters. The number of aliphatic carboxylic acids is 1. The molecule has 2 amide bonds. The SMILES string of the molecule is CC1CN(C(=O)N2CC(C)(OCC(=O)O)C2)CCCO1. The highest BCUT2D eigenvalue weighted by molar-refractivity contribution is 5.76. The molecule has 2 rings (SSSR count). The molecule has 0 aromatic heterocycles. The molecule has 1 N–H and O–H groups in total. The lowest BCUT2D eigenvalue weighted by Crippen LogP contribution is -2.65. The lowest BCUT2D eigenvalue weighted by atomic mass is 9.97. The summed E-state index contributed by atoms with van der Waals surface area (Å²) < 4.78 is 10.8. The molecule has 0 spiro atoms. The molecule has 2 aliphatic heterocycles. The van der Waals surface area contributed by atoms with E-state index in [4.69, 9.17) is 14.6 Å². The van der Waals surface area contributed by atoms with Gasteiger partial charge in [0.05, 0.1) is 19.2 Å². The summed E-state index contributed by atoms with van der Waals surface area (Å²) >= 11 is 0. The molecule has 2 aliphatic rings. The van der Waals surface area contributed by atoms with Crippen LogP contribution in [0.15, 0.2) is 0 Å². The molecular weight excluding hydrogens is 264 g/mol. The molecule has 7 heteroatoms. The van der Waals surface area contributed by atoms with Crippen LogP contribution in [0.1, 0.15) is 20.3 Å². The Kier molecular flexibility index (Phi) is 4.49. The topological polar surface area (TPSA) is 79.3 Å². The molecule has 0 radical (unpaired) electrons. The standard InChI is InChI=1S/C13H22N2O5/c1-10-6-14(4-3-5-19-10)12(18)15-8-13(2,9-15)20-7-11(16)17/h10H,3-9H2,1-2H3,(H,16,17). The van der Waals surface area contributed by atoms with Crippen molar-refractivity contribution in [1.29, 1.82) is 0 Å². The number of carbonyl (C=O) groups is 2. The zero-order chi connectivity index (χ0) is 14.8. The van der Waals surface area contributed by atoms with Crippen LogP contribution in [0.2, 0.25) is 0 Å². The Morgan fingerprint density at radius 1 is 1.40 bits per heavy atom. The Morgan fingerprint density at radius 3 is 2.75 bits per heavy atom. The molecule has 20 heavy (non-hydrogen) atoms. The summed E-state index contributed by atoms with van der Waals surface area (Å²) in [5.74, 6) is -0.991. The van der Waals surface area contributed by atoms with Gasteiger partial charge in [0.15, 0.2) is 0 Å². The Labute approximate surface area is 118 Å². The summed E-state index contributed by atoms with van der Waals surface area (Å²) in [6.45, 7) is 6.32. The summed E-state index contributed by atoms with van der Waals surface area (Å²) in [7, 11) is 0. The fourth-order valence-corrected chi connectivity index (χ4v) is 2.59. The number of likely N-dealkylation sites (tertiary alicyclic amines) is 1. The number of hydrogen-bond acceptors (Lipinski definition) is 4. The fourth-order valence-electron chi connectivity index (χ4n) is 2.59. The van der Waals surface area contributed by atoms with Crippen LogP contribution in [0.25, 0.3) is 0 Å². The molecule has 0 aromatic rings. The average Bonchev–Trinajstić information content (AvgIpc) is 2.57. The monoisotopic (exact) mass is 286 g/mol. The van der Waals surface area contributed by atoms with Gasteiger partial charge in [-0.2, -0.15) is 0 Å². The van der Waals surface area contributed by atoms with Crippen LogP contribution < -0.4 is 0 Å². The van der Waals surface area contributed by atoms with Crippen molar-refractivity contribution >= 4 is 12.0 Å². The normalized spacial score (nSPS) is 25.8. The van der Waals surface area contributed by atoms with E-state index in [1.807, 2.05) is 13.8 Å². The van der Waals surface area contributed by atoms with E-state index in [2.05, 4.69) is 0 Å². The van der Waals surface area contributed by atoms with Gasteiger partial charge in [-0.3, -0.25) is 0 Å². The van der Waals surface area contributed by atoms with E-state index >= 15 is 0 Å². The Bertz CT molecular complexity index is 381. The summed E-state index contributed by atoms with van der Waals surface area (Å²) in [6.07, 6.45) is 0.897. The number of ether oxygens (including phenoxy) is 2. The van der Waals surface area contributed by atoms with Crippen molar-refractivity contribution in [2.75, 3.05) is 39.4 Å². The first-order valence-corrected chi connectivity index (χ1v) is 6.91. The third-order valence-electron chi connectivity index (χ3n) is 3.59. The van der Waals surface area contributed by atoms with Gasteiger partial charge in [0.1, 0.15) is 12.2 Å².